The molecule has 0 radical (unpaired) electrons. The molecule has 2 aromatic rings. The number of methoxy groups -OCH3 is 1. The van der Waals surface area contributed by atoms with Crippen LogP contribution in [0.4, 0.5) is 0 Å². The minimum Gasteiger partial charge on any atom is -0.496 e. The Morgan fingerprint density at radius 1 is 1.05 bits per heavy atom. The first-order valence-corrected chi connectivity index (χ1v) is 7.45. The molecule has 0 spiro atoms. The molecule has 0 amide bonds. The van der Waals surface area contributed by atoms with Gasteiger partial charge in [0.1, 0.15) is 5.75 Å². The van der Waals surface area contributed by atoms with E-state index in [1.54, 1.807) is 7.11 Å². The Kier molecular flexibility index (Phi) is 5.02. The average molecular weight is 271 g/mol. The first-order valence-electron chi connectivity index (χ1n) is 7.45. The number of fused-ring (bicyclic) bond motifs is 1. The van der Waals surface area contributed by atoms with Crippen molar-refractivity contribution in [2.75, 3.05) is 7.11 Å². The van der Waals surface area contributed by atoms with E-state index >= 15 is 0 Å². The Morgan fingerprint density at radius 2 is 1.75 bits per heavy atom. The minimum atomic E-state index is 0.566. The zero-order valence-corrected chi connectivity index (χ0v) is 12.9. The fourth-order valence-corrected chi connectivity index (χ4v) is 2.76. The summed E-state index contributed by atoms with van der Waals surface area (Å²) in [5.74, 6) is 1.60. The van der Waals surface area contributed by atoms with E-state index in [1.807, 2.05) is 0 Å². The lowest BCUT2D eigenvalue weighted by atomic mass is 10.00. The third-order valence-electron chi connectivity index (χ3n) is 3.99. The van der Waals surface area contributed by atoms with Crippen LogP contribution < -0.4 is 10.1 Å². The molecule has 0 aliphatic carbocycles. The summed E-state index contributed by atoms with van der Waals surface area (Å²) in [5.41, 5.74) is 1.33. The molecule has 0 aliphatic heterocycles. The lowest BCUT2D eigenvalue weighted by Crippen LogP contribution is -2.32. The fourth-order valence-electron chi connectivity index (χ4n) is 2.76. The molecule has 0 aliphatic rings. The second-order valence-electron chi connectivity index (χ2n) is 5.61. The molecule has 2 heteroatoms. The van der Waals surface area contributed by atoms with E-state index < -0.39 is 0 Å². The van der Waals surface area contributed by atoms with Crippen molar-refractivity contribution in [1.82, 2.24) is 5.32 Å². The van der Waals surface area contributed by atoms with Crippen LogP contribution in [-0.4, -0.2) is 13.2 Å². The lowest BCUT2D eigenvalue weighted by molar-refractivity contribution is 0.388. The highest BCUT2D eigenvalue weighted by molar-refractivity contribution is 5.91. The topological polar surface area (TPSA) is 21.3 Å². The maximum Gasteiger partial charge on any atom is 0.126 e. The van der Waals surface area contributed by atoms with Crippen LogP contribution in [0.15, 0.2) is 36.4 Å². The Morgan fingerprint density at radius 3 is 2.35 bits per heavy atom. The molecule has 20 heavy (non-hydrogen) atoms. The van der Waals surface area contributed by atoms with Crippen molar-refractivity contribution in [3.05, 3.63) is 42.0 Å². The van der Waals surface area contributed by atoms with Gasteiger partial charge in [-0.2, -0.15) is 0 Å². The third kappa shape index (κ3) is 3.13. The van der Waals surface area contributed by atoms with Gasteiger partial charge in [0.05, 0.1) is 7.11 Å². The molecule has 0 saturated carbocycles. The molecule has 2 nitrogen and oxygen atoms in total. The molecule has 1 N–H and O–H groups in total. The molecule has 0 fully saturated rings. The smallest absolute Gasteiger partial charge is 0.126 e. The van der Waals surface area contributed by atoms with Gasteiger partial charge in [-0.3, -0.25) is 0 Å². The lowest BCUT2D eigenvalue weighted by Gasteiger charge is -2.21. The van der Waals surface area contributed by atoms with Gasteiger partial charge in [-0.15, -0.1) is 0 Å². The summed E-state index contributed by atoms with van der Waals surface area (Å²) in [4.78, 5) is 0. The van der Waals surface area contributed by atoms with Crippen LogP contribution in [0.3, 0.4) is 0 Å². The van der Waals surface area contributed by atoms with Gasteiger partial charge in [-0.1, -0.05) is 51.1 Å². The van der Waals surface area contributed by atoms with Gasteiger partial charge >= 0.3 is 0 Å². The molecular formula is C18H25NO. The zero-order chi connectivity index (χ0) is 14.5. The third-order valence-corrected chi connectivity index (χ3v) is 3.99. The Balaban J connectivity index is 2.27. The van der Waals surface area contributed by atoms with E-state index in [2.05, 4.69) is 62.5 Å². The maximum absolute atomic E-state index is 5.45. The molecule has 0 heterocycles. The van der Waals surface area contributed by atoms with Crippen LogP contribution in [0.2, 0.25) is 0 Å². The summed E-state index contributed by atoms with van der Waals surface area (Å²) in [7, 11) is 1.73. The average Bonchev–Trinajstić information content (AvgIpc) is 2.47. The van der Waals surface area contributed by atoms with Crippen LogP contribution in [0.1, 0.15) is 32.8 Å². The monoisotopic (exact) mass is 271 g/mol. The van der Waals surface area contributed by atoms with Crippen LogP contribution in [0.25, 0.3) is 10.8 Å². The van der Waals surface area contributed by atoms with Crippen molar-refractivity contribution in [2.45, 2.75) is 39.8 Å². The summed E-state index contributed by atoms with van der Waals surface area (Å²) in [6.07, 6.45) is 1.16. The molecule has 2 aromatic carbocycles. The number of hydrogen-bond acceptors (Lipinski definition) is 2. The predicted molar refractivity (Wildman–Crippen MR) is 86.3 cm³/mol. The SMILES string of the molecule is CCC(NCc1ccc(OC)c2ccccc12)C(C)C. The summed E-state index contributed by atoms with van der Waals surface area (Å²) in [6.45, 7) is 7.69. The van der Waals surface area contributed by atoms with Gasteiger partial charge in [0, 0.05) is 18.0 Å². The molecule has 0 bridgehead atoms. The number of benzene rings is 2. The highest BCUT2D eigenvalue weighted by Crippen LogP contribution is 2.28. The fraction of sp³-hybridized carbons (Fsp3) is 0.444. The van der Waals surface area contributed by atoms with Crippen molar-refractivity contribution >= 4 is 10.8 Å². The largest absolute Gasteiger partial charge is 0.496 e. The summed E-state index contributed by atoms with van der Waals surface area (Å²) in [6, 6.07) is 13.2. The Labute approximate surface area is 122 Å². The summed E-state index contributed by atoms with van der Waals surface area (Å²) in [5, 5.41) is 6.14. The van der Waals surface area contributed by atoms with E-state index in [-0.39, 0.29) is 0 Å². The van der Waals surface area contributed by atoms with E-state index in [9.17, 15) is 0 Å². The standard InChI is InChI=1S/C18H25NO/c1-5-17(13(2)3)19-12-14-10-11-18(20-4)16-9-7-6-8-15(14)16/h6-11,13,17,19H,5,12H2,1-4H3. The highest BCUT2D eigenvalue weighted by Gasteiger charge is 2.11. The van der Waals surface area contributed by atoms with Gasteiger partial charge in [0.2, 0.25) is 0 Å². The van der Waals surface area contributed by atoms with E-state index in [0.29, 0.717) is 12.0 Å². The number of ether oxygens (including phenoxy) is 1. The molecule has 0 aromatic heterocycles. The summed E-state index contributed by atoms with van der Waals surface area (Å²) < 4.78 is 5.45. The highest BCUT2D eigenvalue weighted by atomic mass is 16.5. The van der Waals surface area contributed by atoms with Crippen molar-refractivity contribution in [2.24, 2.45) is 5.92 Å². The molecule has 1 unspecified atom stereocenters. The second kappa shape index (κ2) is 6.76. The minimum absolute atomic E-state index is 0.566. The molecule has 0 saturated heterocycles. The molecular weight excluding hydrogens is 246 g/mol. The first-order chi connectivity index (χ1) is 9.67. The second-order valence-corrected chi connectivity index (χ2v) is 5.61. The van der Waals surface area contributed by atoms with Gasteiger partial charge < -0.3 is 10.1 Å². The van der Waals surface area contributed by atoms with Gasteiger partial charge in [-0.05, 0) is 29.4 Å². The number of rotatable bonds is 6. The first kappa shape index (κ1) is 14.9. The van der Waals surface area contributed by atoms with Crippen molar-refractivity contribution in [3.8, 4) is 5.75 Å². The van der Waals surface area contributed by atoms with Gasteiger partial charge in [0.15, 0.2) is 0 Å². The Bertz CT molecular complexity index is 562. The van der Waals surface area contributed by atoms with Crippen molar-refractivity contribution in [3.63, 3.8) is 0 Å². The Hall–Kier alpha value is -1.54. The van der Waals surface area contributed by atoms with Gasteiger partial charge in [-0.25, -0.2) is 0 Å². The van der Waals surface area contributed by atoms with E-state index in [4.69, 9.17) is 4.74 Å². The maximum atomic E-state index is 5.45. The van der Waals surface area contributed by atoms with Crippen LogP contribution in [-0.2, 0) is 6.54 Å². The number of nitrogens with one attached hydrogen (secondary N) is 1. The van der Waals surface area contributed by atoms with Crippen molar-refractivity contribution in [1.29, 1.82) is 0 Å². The molecule has 2 rings (SSSR count). The van der Waals surface area contributed by atoms with Crippen LogP contribution in [0, 0.1) is 5.92 Å². The normalized spacial score (nSPS) is 12.8. The molecule has 1 atom stereocenters. The van der Waals surface area contributed by atoms with Crippen molar-refractivity contribution < 1.29 is 4.74 Å². The van der Waals surface area contributed by atoms with E-state index in [0.717, 1.165) is 18.7 Å². The number of hydrogen-bond donors (Lipinski definition) is 1. The van der Waals surface area contributed by atoms with Gasteiger partial charge in [0.25, 0.3) is 0 Å². The quantitative estimate of drug-likeness (QED) is 0.842. The summed E-state index contributed by atoms with van der Waals surface area (Å²) >= 11 is 0. The van der Waals surface area contributed by atoms with Crippen LogP contribution in [0.5, 0.6) is 5.75 Å². The van der Waals surface area contributed by atoms with Crippen LogP contribution >= 0.6 is 0 Å². The zero-order valence-electron chi connectivity index (χ0n) is 12.9. The predicted octanol–water partition coefficient (Wildman–Crippen LogP) is 4.37. The molecule has 108 valence electrons. The van der Waals surface area contributed by atoms with E-state index in [1.165, 1.54) is 16.3 Å².